The molecule has 0 aliphatic heterocycles. The van der Waals surface area contributed by atoms with Crippen molar-refractivity contribution in [1.82, 2.24) is 4.98 Å². The van der Waals surface area contributed by atoms with Gasteiger partial charge in [0.25, 0.3) is 5.91 Å². The van der Waals surface area contributed by atoms with Crippen LogP contribution < -0.4 is 4.90 Å². The monoisotopic (exact) mass is 322 g/mol. The van der Waals surface area contributed by atoms with Crippen LogP contribution in [0.15, 0.2) is 60.1 Å². The Morgan fingerprint density at radius 1 is 1.13 bits per heavy atom. The third kappa shape index (κ3) is 3.17. The average Bonchev–Trinajstić information content (AvgIpc) is 3.06. The molecule has 1 heterocycles. The van der Waals surface area contributed by atoms with E-state index in [1.54, 1.807) is 10.4 Å². The normalized spacial score (nSPS) is 10.5. The van der Waals surface area contributed by atoms with Crippen LogP contribution in [0.4, 0.5) is 5.69 Å². The van der Waals surface area contributed by atoms with Gasteiger partial charge < -0.3 is 4.90 Å². The first-order chi connectivity index (χ1) is 11.2. The fourth-order valence-electron chi connectivity index (χ4n) is 2.56. The van der Waals surface area contributed by atoms with E-state index < -0.39 is 0 Å². The summed E-state index contributed by atoms with van der Waals surface area (Å²) in [6.45, 7) is 4.64. The predicted molar refractivity (Wildman–Crippen MR) is 96.1 cm³/mol. The van der Waals surface area contributed by atoms with Gasteiger partial charge in [0.15, 0.2) is 0 Å². The molecular formula is C19H18N2OS. The van der Waals surface area contributed by atoms with Crippen molar-refractivity contribution < 1.29 is 4.79 Å². The molecule has 23 heavy (non-hydrogen) atoms. The van der Waals surface area contributed by atoms with Crippen molar-refractivity contribution in [2.24, 2.45) is 0 Å². The second-order valence-corrected chi connectivity index (χ2v) is 6.14. The molecule has 0 saturated carbocycles. The number of nitrogens with zero attached hydrogens (tertiary/aromatic N) is 2. The molecule has 0 N–H and O–H groups in total. The highest BCUT2D eigenvalue weighted by atomic mass is 32.1. The van der Waals surface area contributed by atoms with Crippen LogP contribution in [0.25, 0.3) is 11.3 Å². The Labute approximate surface area is 140 Å². The summed E-state index contributed by atoms with van der Waals surface area (Å²) in [7, 11) is 0. The lowest BCUT2D eigenvalue weighted by molar-refractivity contribution is 0.0992. The van der Waals surface area contributed by atoms with Crippen LogP contribution in [0.3, 0.4) is 0 Å². The molecule has 116 valence electrons. The molecule has 4 heteroatoms. The van der Waals surface area contributed by atoms with E-state index >= 15 is 0 Å². The maximum Gasteiger partial charge on any atom is 0.270 e. The largest absolute Gasteiger partial charge is 0.308 e. The minimum Gasteiger partial charge on any atom is -0.308 e. The number of carbonyl (C=O) groups is 1. The van der Waals surface area contributed by atoms with E-state index in [9.17, 15) is 4.79 Å². The molecule has 0 unspecified atom stereocenters. The molecule has 3 aromatic rings. The minimum atomic E-state index is -0.000506. The number of aryl methyl sites for hydroxylation is 1. The van der Waals surface area contributed by atoms with Gasteiger partial charge in [0.1, 0.15) is 4.88 Å². The number of anilines is 1. The highest BCUT2D eigenvalue weighted by Gasteiger charge is 2.22. The van der Waals surface area contributed by atoms with E-state index in [2.05, 4.69) is 4.98 Å². The van der Waals surface area contributed by atoms with Gasteiger partial charge in [-0.05, 0) is 31.5 Å². The molecule has 0 radical (unpaired) electrons. The van der Waals surface area contributed by atoms with Gasteiger partial charge in [-0.3, -0.25) is 4.79 Å². The van der Waals surface area contributed by atoms with Crippen molar-refractivity contribution in [3.05, 3.63) is 70.5 Å². The van der Waals surface area contributed by atoms with Crippen molar-refractivity contribution in [2.75, 3.05) is 11.4 Å². The summed E-state index contributed by atoms with van der Waals surface area (Å²) in [5.41, 5.74) is 5.52. The average molecular weight is 322 g/mol. The van der Waals surface area contributed by atoms with Crippen LogP contribution in [-0.2, 0) is 0 Å². The molecule has 3 rings (SSSR count). The quantitative estimate of drug-likeness (QED) is 0.692. The van der Waals surface area contributed by atoms with E-state index in [0.29, 0.717) is 11.4 Å². The number of aromatic nitrogens is 1. The molecule has 0 aliphatic carbocycles. The summed E-state index contributed by atoms with van der Waals surface area (Å²) in [6, 6.07) is 17.9. The van der Waals surface area contributed by atoms with Gasteiger partial charge in [0.05, 0.1) is 11.2 Å². The zero-order valence-corrected chi connectivity index (χ0v) is 14.0. The number of benzene rings is 2. The third-order valence-electron chi connectivity index (χ3n) is 3.68. The smallest absolute Gasteiger partial charge is 0.270 e. The molecule has 0 saturated heterocycles. The highest BCUT2D eigenvalue weighted by Crippen LogP contribution is 2.28. The standard InChI is InChI=1S/C19H18N2OS/c1-3-21(16-11-7-8-14(2)12-16)19(22)18-17(20-13-23-18)15-9-5-4-6-10-15/h4-13H,3H2,1-2H3. The first kappa shape index (κ1) is 15.4. The maximum atomic E-state index is 13.0. The fourth-order valence-corrected chi connectivity index (χ4v) is 3.32. The van der Waals surface area contributed by atoms with Crippen molar-refractivity contribution in [2.45, 2.75) is 13.8 Å². The van der Waals surface area contributed by atoms with Crippen LogP contribution in [0, 0.1) is 6.92 Å². The molecule has 0 fully saturated rings. The van der Waals surface area contributed by atoms with Gasteiger partial charge in [0.2, 0.25) is 0 Å². The van der Waals surface area contributed by atoms with Crippen molar-refractivity contribution in [3.63, 3.8) is 0 Å². The molecule has 1 aromatic heterocycles. The summed E-state index contributed by atoms with van der Waals surface area (Å²) in [6.07, 6.45) is 0. The summed E-state index contributed by atoms with van der Waals surface area (Å²) < 4.78 is 0. The number of hydrogen-bond acceptors (Lipinski definition) is 3. The summed E-state index contributed by atoms with van der Waals surface area (Å²) in [5.74, 6) is -0.000506. The Kier molecular flexibility index (Phi) is 4.53. The second kappa shape index (κ2) is 6.75. The van der Waals surface area contributed by atoms with E-state index in [0.717, 1.165) is 22.5 Å². The summed E-state index contributed by atoms with van der Waals surface area (Å²) >= 11 is 1.39. The van der Waals surface area contributed by atoms with E-state index in [1.165, 1.54) is 11.3 Å². The first-order valence-corrected chi connectivity index (χ1v) is 8.46. The number of thiazole rings is 1. The molecule has 2 aromatic carbocycles. The summed E-state index contributed by atoms with van der Waals surface area (Å²) in [4.78, 5) is 19.9. The Morgan fingerprint density at radius 3 is 2.61 bits per heavy atom. The van der Waals surface area contributed by atoms with Crippen LogP contribution in [0.5, 0.6) is 0 Å². The Morgan fingerprint density at radius 2 is 1.91 bits per heavy atom. The maximum absolute atomic E-state index is 13.0. The molecule has 1 amide bonds. The highest BCUT2D eigenvalue weighted by molar-refractivity contribution is 7.12. The third-order valence-corrected chi connectivity index (χ3v) is 4.50. The lowest BCUT2D eigenvalue weighted by Crippen LogP contribution is -2.30. The molecule has 0 atom stereocenters. The lowest BCUT2D eigenvalue weighted by Gasteiger charge is -2.21. The zero-order chi connectivity index (χ0) is 16.2. The van der Waals surface area contributed by atoms with E-state index in [4.69, 9.17) is 0 Å². The Hall–Kier alpha value is -2.46. The van der Waals surface area contributed by atoms with Crippen molar-refractivity contribution in [1.29, 1.82) is 0 Å². The fraction of sp³-hybridized carbons (Fsp3) is 0.158. The number of amides is 1. The van der Waals surface area contributed by atoms with E-state index in [1.807, 2.05) is 68.4 Å². The van der Waals surface area contributed by atoms with Gasteiger partial charge in [-0.2, -0.15) is 0 Å². The number of rotatable bonds is 4. The molecule has 0 aliphatic rings. The predicted octanol–water partition coefficient (Wildman–Crippen LogP) is 4.79. The van der Waals surface area contributed by atoms with Crippen LogP contribution in [0.2, 0.25) is 0 Å². The van der Waals surface area contributed by atoms with Gasteiger partial charge in [-0.25, -0.2) is 4.98 Å². The molecule has 0 spiro atoms. The lowest BCUT2D eigenvalue weighted by atomic mass is 10.1. The van der Waals surface area contributed by atoms with E-state index in [-0.39, 0.29) is 5.91 Å². The van der Waals surface area contributed by atoms with Crippen LogP contribution in [0.1, 0.15) is 22.2 Å². The topological polar surface area (TPSA) is 33.2 Å². The molecular weight excluding hydrogens is 304 g/mol. The van der Waals surface area contributed by atoms with Gasteiger partial charge >= 0.3 is 0 Å². The Bertz CT molecular complexity index is 811. The SMILES string of the molecule is CCN(C(=O)c1scnc1-c1ccccc1)c1cccc(C)c1. The number of carbonyl (C=O) groups excluding carboxylic acids is 1. The molecule has 3 nitrogen and oxygen atoms in total. The zero-order valence-electron chi connectivity index (χ0n) is 13.2. The van der Waals surface area contributed by atoms with Gasteiger partial charge in [0, 0.05) is 17.8 Å². The minimum absolute atomic E-state index is 0.000506. The van der Waals surface area contributed by atoms with Gasteiger partial charge in [-0.15, -0.1) is 11.3 Å². The van der Waals surface area contributed by atoms with Crippen LogP contribution in [-0.4, -0.2) is 17.4 Å². The summed E-state index contributed by atoms with van der Waals surface area (Å²) in [5, 5.41) is 0. The molecule has 0 bridgehead atoms. The van der Waals surface area contributed by atoms with Crippen molar-refractivity contribution in [3.8, 4) is 11.3 Å². The first-order valence-electron chi connectivity index (χ1n) is 7.58. The van der Waals surface area contributed by atoms with Crippen molar-refractivity contribution >= 4 is 22.9 Å². The van der Waals surface area contributed by atoms with Crippen LogP contribution >= 0.6 is 11.3 Å². The van der Waals surface area contributed by atoms with Gasteiger partial charge in [-0.1, -0.05) is 42.5 Å². The number of hydrogen-bond donors (Lipinski definition) is 0. The second-order valence-electron chi connectivity index (χ2n) is 5.28. The Balaban J connectivity index is 1.99.